The molecule has 0 fully saturated rings. The molecule has 0 aromatic heterocycles. The van der Waals surface area contributed by atoms with Crippen molar-refractivity contribution >= 4 is 0 Å². The van der Waals surface area contributed by atoms with E-state index in [1.54, 1.807) is 21.3 Å². The summed E-state index contributed by atoms with van der Waals surface area (Å²) in [7, 11) is 4.88. The predicted molar refractivity (Wildman–Crippen MR) is 82.3 cm³/mol. The zero-order valence-electron chi connectivity index (χ0n) is 14.3. The Kier molecular flexibility index (Phi) is 18.4. The van der Waals surface area contributed by atoms with Gasteiger partial charge in [0.05, 0.1) is 6.54 Å². The number of quaternary nitrogens is 1. The lowest BCUT2D eigenvalue weighted by Crippen LogP contribution is -3.00. The highest BCUT2D eigenvalue weighted by molar-refractivity contribution is 4.56. The molecule has 21 heavy (non-hydrogen) atoms. The molecule has 0 aliphatic rings. The van der Waals surface area contributed by atoms with Gasteiger partial charge in [-0.1, -0.05) is 44.9 Å². The highest BCUT2D eigenvalue weighted by Crippen LogP contribution is 2.21. The van der Waals surface area contributed by atoms with Crippen LogP contribution >= 0.6 is 0 Å². The molecule has 0 aliphatic heterocycles. The van der Waals surface area contributed by atoms with Crippen molar-refractivity contribution in [2.45, 2.75) is 76.6 Å². The van der Waals surface area contributed by atoms with Crippen LogP contribution in [0, 0.1) is 0 Å². The van der Waals surface area contributed by atoms with E-state index in [1.807, 2.05) is 0 Å². The van der Waals surface area contributed by atoms with Gasteiger partial charge in [-0.25, -0.2) is 0 Å². The summed E-state index contributed by atoms with van der Waals surface area (Å²) in [6.07, 6.45) is 13.9. The number of hydrogen-bond acceptors (Lipinski definition) is 3. The summed E-state index contributed by atoms with van der Waals surface area (Å²) in [5.74, 6) is -0.839. The van der Waals surface area contributed by atoms with Gasteiger partial charge in [-0.2, -0.15) is 0 Å². The maximum atomic E-state index is 5.28. The first kappa shape index (κ1) is 23.4. The van der Waals surface area contributed by atoms with E-state index in [2.05, 4.69) is 5.73 Å². The Balaban J connectivity index is 0. The van der Waals surface area contributed by atoms with Crippen LogP contribution < -0.4 is 18.1 Å². The second-order valence-corrected chi connectivity index (χ2v) is 5.43. The van der Waals surface area contributed by atoms with Gasteiger partial charge in [-0.15, -0.1) is 0 Å². The van der Waals surface area contributed by atoms with Crippen molar-refractivity contribution in [2.75, 3.05) is 27.9 Å². The molecule has 5 heteroatoms. The first-order valence-electron chi connectivity index (χ1n) is 8.19. The SMILES string of the molecule is COC(CCCCCCCCCCCC[NH3+])(OC)OC.[Cl-]. The smallest absolute Gasteiger partial charge is 0.282 e. The van der Waals surface area contributed by atoms with Gasteiger partial charge in [0.15, 0.2) is 0 Å². The minimum absolute atomic E-state index is 0. The molecule has 4 nitrogen and oxygen atoms in total. The van der Waals surface area contributed by atoms with Crippen LogP contribution in [0.4, 0.5) is 0 Å². The fourth-order valence-electron chi connectivity index (χ4n) is 2.49. The number of unbranched alkanes of at least 4 members (excludes halogenated alkanes) is 9. The topological polar surface area (TPSA) is 55.3 Å². The lowest BCUT2D eigenvalue weighted by Gasteiger charge is -2.28. The highest BCUT2D eigenvalue weighted by atomic mass is 35.5. The van der Waals surface area contributed by atoms with Crippen molar-refractivity contribution < 1.29 is 32.4 Å². The van der Waals surface area contributed by atoms with Crippen LogP contribution in [-0.4, -0.2) is 33.8 Å². The van der Waals surface area contributed by atoms with Crippen LogP contribution in [0.5, 0.6) is 0 Å². The molecular formula is C16H36ClNO3. The minimum Gasteiger partial charge on any atom is -1.00 e. The maximum absolute atomic E-state index is 5.28. The van der Waals surface area contributed by atoms with Crippen LogP contribution in [0.25, 0.3) is 0 Å². The quantitative estimate of drug-likeness (QED) is 0.344. The normalized spacial score (nSPS) is 11.4. The molecule has 0 unspecified atom stereocenters. The first-order valence-corrected chi connectivity index (χ1v) is 8.19. The molecule has 0 aromatic carbocycles. The monoisotopic (exact) mass is 325 g/mol. The number of rotatable bonds is 15. The largest absolute Gasteiger partial charge is 1.00 e. The molecule has 0 aliphatic carbocycles. The molecule has 0 saturated heterocycles. The second kappa shape index (κ2) is 16.5. The standard InChI is InChI=1S/C16H35NO3.ClH/c1-18-16(19-2,20-3)14-12-10-8-6-4-5-7-9-11-13-15-17;/h4-15,17H2,1-3H3;1H. The summed E-state index contributed by atoms with van der Waals surface area (Å²) in [6.45, 7) is 1.09. The Bertz CT molecular complexity index is 194. The third-order valence-electron chi connectivity index (χ3n) is 3.92. The molecule has 3 N–H and O–H groups in total. The van der Waals surface area contributed by atoms with Crippen LogP contribution in [0.15, 0.2) is 0 Å². The highest BCUT2D eigenvalue weighted by Gasteiger charge is 2.28. The Labute approximate surface area is 137 Å². The molecule has 0 atom stereocenters. The summed E-state index contributed by atoms with van der Waals surface area (Å²) < 4.78 is 15.8. The third-order valence-corrected chi connectivity index (χ3v) is 3.92. The number of methoxy groups -OCH3 is 3. The second-order valence-electron chi connectivity index (χ2n) is 5.43. The number of hydrogen-bond donors (Lipinski definition) is 1. The van der Waals surface area contributed by atoms with Gasteiger partial charge < -0.3 is 32.4 Å². The first-order chi connectivity index (χ1) is 9.74. The molecule has 0 aromatic rings. The Morgan fingerprint density at radius 3 is 1.29 bits per heavy atom. The molecule has 0 saturated carbocycles. The Hall–Kier alpha value is 0.130. The lowest BCUT2D eigenvalue weighted by atomic mass is 10.1. The van der Waals surface area contributed by atoms with Gasteiger partial charge in [-0.3, -0.25) is 0 Å². The average molecular weight is 326 g/mol. The average Bonchev–Trinajstić information content (AvgIpc) is 2.49. The molecule has 0 rings (SSSR count). The van der Waals surface area contributed by atoms with Gasteiger partial charge >= 0.3 is 0 Å². The van der Waals surface area contributed by atoms with E-state index in [9.17, 15) is 0 Å². The van der Waals surface area contributed by atoms with E-state index >= 15 is 0 Å². The molecular weight excluding hydrogens is 290 g/mol. The fourth-order valence-corrected chi connectivity index (χ4v) is 2.49. The summed E-state index contributed by atoms with van der Waals surface area (Å²) >= 11 is 0. The van der Waals surface area contributed by atoms with Gasteiger partial charge in [-0.05, 0) is 19.3 Å². The van der Waals surface area contributed by atoms with Crippen molar-refractivity contribution in [3.05, 3.63) is 0 Å². The van der Waals surface area contributed by atoms with Gasteiger partial charge in [0, 0.05) is 27.8 Å². The Morgan fingerprint density at radius 2 is 0.952 bits per heavy atom. The minimum atomic E-state index is -0.839. The third kappa shape index (κ3) is 12.4. The predicted octanol–water partition coefficient (Wildman–Crippen LogP) is 0.116. The van der Waals surface area contributed by atoms with Gasteiger partial charge in [0.2, 0.25) is 0 Å². The summed E-state index contributed by atoms with van der Waals surface area (Å²) in [6, 6.07) is 0. The van der Waals surface area contributed by atoms with Crippen LogP contribution in [0.1, 0.15) is 70.6 Å². The summed E-state index contributed by atoms with van der Waals surface area (Å²) in [4.78, 5) is 0. The molecule has 0 radical (unpaired) electrons. The van der Waals surface area contributed by atoms with Gasteiger partial charge in [0.1, 0.15) is 0 Å². The van der Waals surface area contributed by atoms with Gasteiger partial charge in [0.25, 0.3) is 5.97 Å². The Morgan fingerprint density at radius 1 is 0.619 bits per heavy atom. The zero-order chi connectivity index (χ0) is 15.1. The van der Waals surface area contributed by atoms with Crippen molar-refractivity contribution in [1.82, 2.24) is 0 Å². The maximum Gasteiger partial charge on any atom is 0.282 e. The van der Waals surface area contributed by atoms with Crippen LogP contribution in [0.3, 0.4) is 0 Å². The van der Waals surface area contributed by atoms with E-state index in [-0.39, 0.29) is 12.4 Å². The molecule has 0 bridgehead atoms. The zero-order valence-corrected chi connectivity index (χ0v) is 15.1. The van der Waals surface area contributed by atoms with Crippen molar-refractivity contribution in [2.24, 2.45) is 0 Å². The van der Waals surface area contributed by atoms with Crippen LogP contribution in [-0.2, 0) is 14.2 Å². The van der Waals surface area contributed by atoms with Crippen molar-refractivity contribution in [3.8, 4) is 0 Å². The molecule has 0 amide bonds. The van der Waals surface area contributed by atoms with E-state index < -0.39 is 5.97 Å². The molecule has 130 valence electrons. The molecule has 0 spiro atoms. The van der Waals surface area contributed by atoms with E-state index in [0.29, 0.717) is 0 Å². The van der Waals surface area contributed by atoms with E-state index in [1.165, 1.54) is 57.8 Å². The van der Waals surface area contributed by atoms with E-state index in [4.69, 9.17) is 14.2 Å². The summed E-state index contributed by atoms with van der Waals surface area (Å²) in [5, 5.41) is 0. The van der Waals surface area contributed by atoms with Crippen molar-refractivity contribution in [1.29, 1.82) is 0 Å². The van der Waals surface area contributed by atoms with Crippen molar-refractivity contribution in [3.63, 3.8) is 0 Å². The number of ether oxygens (including phenoxy) is 3. The van der Waals surface area contributed by atoms with E-state index in [0.717, 1.165) is 19.4 Å². The fraction of sp³-hybridized carbons (Fsp3) is 1.00. The lowest BCUT2D eigenvalue weighted by molar-refractivity contribution is -0.368. The molecule has 0 heterocycles. The summed E-state index contributed by atoms with van der Waals surface area (Å²) in [5.41, 5.74) is 3.87. The van der Waals surface area contributed by atoms with Crippen LogP contribution in [0.2, 0.25) is 0 Å². The number of halogens is 1.